The molecule has 154 valence electrons. The van der Waals surface area contributed by atoms with Crippen molar-refractivity contribution in [2.45, 2.75) is 12.8 Å². The van der Waals surface area contributed by atoms with Crippen LogP contribution in [-0.4, -0.2) is 27.6 Å². The van der Waals surface area contributed by atoms with Gasteiger partial charge in [0.2, 0.25) is 0 Å². The molecule has 0 bridgehead atoms. The molecular weight excluding hydrogens is 400 g/mol. The van der Waals surface area contributed by atoms with Gasteiger partial charge in [0, 0.05) is 17.8 Å². The molecule has 4 aromatic rings. The van der Waals surface area contributed by atoms with E-state index in [1.807, 2.05) is 4.90 Å². The lowest BCUT2D eigenvalue weighted by molar-refractivity contribution is 0.0697. The van der Waals surface area contributed by atoms with Gasteiger partial charge in [-0.25, -0.2) is 23.5 Å². The number of aromatic carboxylic acids is 1. The number of benzene rings is 3. The second kappa shape index (κ2) is 7.43. The second-order valence-electron chi connectivity index (χ2n) is 7.44. The highest BCUT2D eigenvalue weighted by atomic mass is 19.1. The number of carboxylic acid groups (broad SMARTS) is 1. The van der Waals surface area contributed by atoms with E-state index < -0.39 is 5.97 Å². The molecule has 0 atom stereocenters. The topological polar surface area (TPSA) is 66.3 Å². The van der Waals surface area contributed by atoms with E-state index >= 15 is 0 Å². The average molecular weight is 417 g/mol. The van der Waals surface area contributed by atoms with E-state index in [0.717, 1.165) is 24.1 Å². The van der Waals surface area contributed by atoms with Crippen LogP contribution < -0.4 is 4.90 Å². The first kappa shape index (κ1) is 19.1. The van der Waals surface area contributed by atoms with Crippen molar-refractivity contribution in [2.24, 2.45) is 0 Å². The molecule has 1 N–H and O–H groups in total. The Balaban J connectivity index is 1.76. The smallest absolute Gasteiger partial charge is 0.335 e. The number of hydrogen-bond acceptors (Lipinski definition) is 4. The largest absolute Gasteiger partial charge is 0.478 e. The number of rotatable bonds is 3. The van der Waals surface area contributed by atoms with Crippen molar-refractivity contribution < 1.29 is 18.7 Å². The van der Waals surface area contributed by atoms with E-state index in [4.69, 9.17) is 9.97 Å². The summed E-state index contributed by atoms with van der Waals surface area (Å²) in [5.74, 6) is -1.18. The van der Waals surface area contributed by atoms with Gasteiger partial charge in [0.25, 0.3) is 0 Å². The number of carbonyl (C=O) groups is 1. The van der Waals surface area contributed by atoms with Crippen LogP contribution in [0.1, 0.15) is 22.3 Å². The van der Waals surface area contributed by atoms with E-state index in [0.29, 0.717) is 34.7 Å². The summed E-state index contributed by atoms with van der Waals surface area (Å²) in [6.45, 7) is 0.644. The first-order valence-electron chi connectivity index (χ1n) is 9.86. The molecule has 0 saturated carbocycles. The number of hydrogen-bond donors (Lipinski definition) is 1. The summed E-state index contributed by atoms with van der Waals surface area (Å²) in [4.78, 5) is 22.9. The van der Waals surface area contributed by atoms with Crippen LogP contribution in [0.3, 0.4) is 0 Å². The van der Waals surface area contributed by atoms with Crippen LogP contribution in [0.4, 0.5) is 20.3 Å². The first-order chi connectivity index (χ1) is 15.0. The van der Waals surface area contributed by atoms with Crippen LogP contribution in [0, 0.1) is 11.6 Å². The molecular formula is C24H17F2N3O2. The normalized spacial score (nSPS) is 13.3. The summed E-state index contributed by atoms with van der Waals surface area (Å²) in [6, 6.07) is 15.2. The summed E-state index contributed by atoms with van der Waals surface area (Å²) in [6.07, 6.45) is 1.55. The van der Waals surface area contributed by atoms with Crippen LogP contribution in [0.2, 0.25) is 0 Å². The minimum atomic E-state index is -1.05. The molecule has 0 spiro atoms. The van der Waals surface area contributed by atoms with E-state index in [1.165, 1.54) is 36.4 Å². The van der Waals surface area contributed by atoms with Gasteiger partial charge in [0.15, 0.2) is 5.82 Å². The number of nitrogens with zero attached hydrogens (tertiary/aromatic N) is 3. The van der Waals surface area contributed by atoms with E-state index in [9.17, 15) is 18.7 Å². The van der Waals surface area contributed by atoms with Crippen LogP contribution in [0.25, 0.3) is 22.3 Å². The molecule has 0 unspecified atom stereocenters. The number of aromatic nitrogens is 2. The highest BCUT2D eigenvalue weighted by Crippen LogP contribution is 2.38. The Bertz CT molecular complexity index is 1320. The summed E-state index contributed by atoms with van der Waals surface area (Å²) < 4.78 is 27.3. The third kappa shape index (κ3) is 3.48. The molecule has 2 heterocycles. The third-order valence-electron chi connectivity index (χ3n) is 5.43. The van der Waals surface area contributed by atoms with Gasteiger partial charge in [-0.3, -0.25) is 0 Å². The molecule has 3 aromatic carbocycles. The monoisotopic (exact) mass is 417 g/mol. The lowest BCUT2D eigenvalue weighted by Gasteiger charge is -2.31. The highest BCUT2D eigenvalue weighted by Gasteiger charge is 2.24. The summed E-state index contributed by atoms with van der Waals surface area (Å²) in [5.41, 5.74) is 4.02. The maximum absolute atomic E-state index is 13.8. The first-order valence-corrected chi connectivity index (χ1v) is 9.86. The number of aryl methyl sites for hydroxylation is 1. The SMILES string of the molecule is O=C(O)c1ccc2nc(-c3ccc(F)cc3)c(N3CCCc4cc(F)ccc43)nc2c1. The zero-order valence-corrected chi connectivity index (χ0v) is 16.3. The minimum absolute atomic E-state index is 0.114. The highest BCUT2D eigenvalue weighted by molar-refractivity contribution is 5.94. The lowest BCUT2D eigenvalue weighted by atomic mass is 10.0. The Morgan fingerprint density at radius 2 is 1.68 bits per heavy atom. The summed E-state index contributed by atoms with van der Waals surface area (Å²) in [5, 5.41) is 9.35. The molecule has 0 amide bonds. The Hall–Kier alpha value is -3.87. The van der Waals surface area contributed by atoms with Crippen LogP contribution in [0.15, 0.2) is 60.7 Å². The Morgan fingerprint density at radius 1 is 0.903 bits per heavy atom. The maximum atomic E-state index is 13.8. The predicted octanol–water partition coefficient (Wildman–Crippen LogP) is 5.36. The molecule has 1 aliphatic rings. The molecule has 0 aliphatic carbocycles. The molecule has 31 heavy (non-hydrogen) atoms. The average Bonchev–Trinajstić information content (AvgIpc) is 2.77. The molecule has 5 nitrogen and oxygen atoms in total. The Morgan fingerprint density at radius 3 is 2.45 bits per heavy atom. The van der Waals surface area contributed by atoms with Crippen molar-refractivity contribution in [1.29, 1.82) is 0 Å². The van der Waals surface area contributed by atoms with Crippen molar-refractivity contribution in [3.8, 4) is 11.3 Å². The van der Waals surface area contributed by atoms with Gasteiger partial charge < -0.3 is 10.0 Å². The fourth-order valence-corrected chi connectivity index (χ4v) is 3.95. The molecule has 1 aromatic heterocycles. The number of fused-ring (bicyclic) bond motifs is 2. The van der Waals surface area contributed by atoms with Gasteiger partial charge in [-0.1, -0.05) is 0 Å². The number of carboxylic acids is 1. The zero-order valence-electron chi connectivity index (χ0n) is 16.3. The van der Waals surface area contributed by atoms with Crippen molar-refractivity contribution in [3.63, 3.8) is 0 Å². The van der Waals surface area contributed by atoms with Gasteiger partial charge in [-0.15, -0.1) is 0 Å². The maximum Gasteiger partial charge on any atom is 0.335 e. The van der Waals surface area contributed by atoms with Crippen LogP contribution in [0.5, 0.6) is 0 Å². The zero-order chi connectivity index (χ0) is 21.5. The van der Waals surface area contributed by atoms with Gasteiger partial charge in [-0.2, -0.15) is 0 Å². The molecule has 0 radical (unpaired) electrons. The Kier molecular flexibility index (Phi) is 4.58. The van der Waals surface area contributed by atoms with Gasteiger partial charge in [0.1, 0.15) is 17.3 Å². The quantitative estimate of drug-likeness (QED) is 0.486. The minimum Gasteiger partial charge on any atom is -0.478 e. The van der Waals surface area contributed by atoms with Crippen LogP contribution >= 0.6 is 0 Å². The fourth-order valence-electron chi connectivity index (χ4n) is 3.95. The standard InChI is InChI=1S/C24H17F2N3O2/c25-17-6-3-14(4-7-17)22-23(28-20-13-16(24(30)31)5-9-19(20)27-22)29-11-1-2-15-12-18(26)8-10-21(15)29/h3-10,12-13H,1-2,11H2,(H,30,31). The Labute approximate surface area is 176 Å². The van der Waals surface area contributed by atoms with Crippen molar-refractivity contribution in [1.82, 2.24) is 9.97 Å². The van der Waals surface area contributed by atoms with E-state index in [1.54, 1.807) is 24.3 Å². The fraction of sp³-hybridized carbons (Fsp3) is 0.125. The number of anilines is 2. The molecule has 0 fully saturated rings. The van der Waals surface area contributed by atoms with Crippen molar-refractivity contribution in [2.75, 3.05) is 11.4 Å². The van der Waals surface area contributed by atoms with E-state index in [-0.39, 0.29) is 17.2 Å². The van der Waals surface area contributed by atoms with Gasteiger partial charge in [0.05, 0.1) is 16.6 Å². The van der Waals surface area contributed by atoms with Gasteiger partial charge >= 0.3 is 5.97 Å². The lowest BCUT2D eigenvalue weighted by Crippen LogP contribution is -2.26. The van der Waals surface area contributed by atoms with E-state index in [2.05, 4.69) is 0 Å². The van der Waals surface area contributed by atoms with Crippen molar-refractivity contribution >= 4 is 28.5 Å². The summed E-state index contributed by atoms with van der Waals surface area (Å²) >= 11 is 0. The molecule has 0 saturated heterocycles. The molecule has 5 rings (SSSR count). The second-order valence-corrected chi connectivity index (χ2v) is 7.44. The number of halogens is 2. The van der Waals surface area contributed by atoms with Crippen LogP contribution in [-0.2, 0) is 6.42 Å². The molecule has 1 aliphatic heterocycles. The summed E-state index contributed by atoms with van der Waals surface area (Å²) in [7, 11) is 0. The molecule has 7 heteroatoms. The predicted molar refractivity (Wildman–Crippen MR) is 114 cm³/mol. The third-order valence-corrected chi connectivity index (χ3v) is 5.43. The van der Waals surface area contributed by atoms with Crippen molar-refractivity contribution in [3.05, 3.63) is 83.4 Å². The van der Waals surface area contributed by atoms with Gasteiger partial charge in [-0.05, 0) is 79.1 Å².